The normalized spacial score (nSPS) is 14.7. The van der Waals surface area contributed by atoms with Gasteiger partial charge < -0.3 is 10.1 Å². The Morgan fingerprint density at radius 3 is 2.19 bits per heavy atom. The van der Waals surface area contributed by atoms with Crippen LogP contribution in [0.2, 0.25) is 5.02 Å². The third-order valence-electron chi connectivity index (χ3n) is 6.82. The van der Waals surface area contributed by atoms with E-state index in [0.717, 1.165) is 42.2 Å². The first kappa shape index (κ1) is 24.0. The van der Waals surface area contributed by atoms with Gasteiger partial charge in [0.25, 0.3) is 5.91 Å². The van der Waals surface area contributed by atoms with Crippen molar-refractivity contribution in [3.05, 3.63) is 107 Å². The molecule has 0 radical (unpaired) electrons. The molecule has 0 atom stereocenters. The SMILES string of the molecule is COc1ccc(C(=O)Nc2nccc(-c3ccc(C4(c5ccc(Cl)cc5)CCNCC4)cc3)n2)cc1. The second kappa shape index (κ2) is 10.5. The number of carbonyl (C=O) groups is 1. The number of piperidine rings is 1. The van der Waals surface area contributed by atoms with E-state index < -0.39 is 0 Å². The van der Waals surface area contributed by atoms with Crippen LogP contribution in [-0.4, -0.2) is 36.1 Å². The topological polar surface area (TPSA) is 76.1 Å². The van der Waals surface area contributed by atoms with Gasteiger partial charge in [0.05, 0.1) is 12.8 Å². The van der Waals surface area contributed by atoms with E-state index >= 15 is 0 Å². The molecule has 2 heterocycles. The summed E-state index contributed by atoms with van der Waals surface area (Å²) in [6.07, 6.45) is 3.69. The first-order chi connectivity index (χ1) is 17.6. The summed E-state index contributed by atoms with van der Waals surface area (Å²) in [5.74, 6) is 0.671. The van der Waals surface area contributed by atoms with Crippen molar-refractivity contribution in [2.45, 2.75) is 18.3 Å². The molecular weight excluding hydrogens is 472 g/mol. The van der Waals surface area contributed by atoms with Crippen molar-refractivity contribution in [1.82, 2.24) is 15.3 Å². The van der Waals surface area contributed by atoms with Crippen LogP contribution in [0.4, 0.5) is 5.95 Å². The molecule has 5 rings (SSSR count). The maximum Gasteiger partial charge on any atom is 0.258 e. The highest BCUT2D eigenvalue weighted by Crippen LogP contribution is 2.41. The van der Waals surface area contributed by atoms with Gasteiger partial charge in [-0.3, -0.25) is 10.1 Å². The molecule has 0 unspecified atom stereocenters. The van der Waals surface area contributed by atoms with Gasteiger partial charge in [0, 0.05) is 27.8 Å². The summed E-state index contributed by atoms with van der Waals surface area (Å²) in [6.45, 7) is 1.93. The molecule has 1 aliphatic heterocycles. The van der Waals surface area contributed by atoms with Crippen LogP contribution in [0, 0.1) is 0 Å². The summed E-state index contributed by atoms with van der Waals surface area (Å²) in [4.78, 5) is 21.4. The molecule has 2 N–H and O–H groups in total. The van der Waals surface area contributed by atoms with Gasteiger partial charge in [-0.05, 0) is 79.5 Å². The Hall–Kier alpha value is -3.74. The van der Waals surface area contributed by atoms with Crippen molar-refractivity contribution in [2.24, 2.45) is 0 Å². The second-order valence-corrected chi connectivity index (χ2v) is 9.30. The van der Waals surface area contributed by atoms with Crippen LogP contribution < -0.4 is 15.4 Å². The fourth-order valence-corrected chi connectivity index (χ4v) is 4.95. The molecule has 1 aromatic heterocycles. The third-order valence-corrected chi connectivity index (χ3v) is 7.07. The van der Waals surface area contributed by atoms with E-state index in [1.165, 1.54) is 11.1 Å². The average molecular weight is 499 g/mol. The lowest BCUT2D eigenvalue weighted by atomic mass is 9.68. The molecule has 7 heteroatoms. The molecule has 0 bridgehead atoms. The zero-order chi connectivity index (χ0) is 25.0. The van der Waals surface area contributed by atoms with Crippen molar-refractivity contribution in [3.8, 4) is 17.0 Å². The molecule has 1 fully saturated rings. The van der Waals surface area contributed by atoms with Crippen LogP contribution in [-0.2, 0) is 5.41 Å². The molecule has 182 valence electrons. The molecule has 0 aliphatic carbocycles. The molecule has 0 saturated carbocycles. The zero-order valence-electron chi connectivity index (χ0n) is 20.0. The lowest BCUT2D eigenvalue weighted by Gasteiger charge is -2.39. The van der Waals surface area contributed by atoms with E-state index in [1.54, 1.807) is 37.6 Å². The number of hydrogen-bond acceptors (Lipinski definition) is 5. The number of carbonyl (C=O) groups excluding carboxylic acids is 1. The number of aromatic nitrogens is 2. The van der Waals surface area contributed by atoms with Crippen molar-refractivity contribution in [3.63, 3.8) is 0 Å². The summed E-state index contributed by atoms with van der Waals surface area (Å²) in [5, 5.41) is 7.01. The highest BCUT2D eigenvalue weighted by Gasteiger charge is 2.35. The number of benzene rings is 3. The maximum atomic E-state index is 12.6. The van der Waals surface area contributed by atoms with E-state index in [2.05, 4.69) is 57.0 Å². The van der Waals surface area contributed by atoms with Gasteiger partial charge in [-0.2, -0.15) is 0 Å². The predicted octanol–water partition coefficient (Wildman–Crippen LogP) is 5.73. The van der Waals surface area contributed by atoms with Gasteiger partial charge in [-0.1, -0.05) is 48.0 Å². The zero-order valence-corrected chi connectivity index (χ0v) is 20.8. The van der Waals surface area contributed by atoms with E-state index in [1.807, 2.05) is 18.2 Å². The quantitative estimate of drug-likeness (QED) is 0.355. The second-order valence-electron chi connectivity index (χ2n) is 8.86. The minimum absolute atomic E-state index is 0.0580. The summed E-state index contributed by atoms with van der Waals surface area (Å²) < 4.78 is 5.15. The number of anilines is 1. The van der Waals surface area contributed by atoms with E-state index in [9.17, 15) is 4.79 Å². The highest BCUT2D eigenvalue weighted by atomic mass is 35.5. The van der Waals surface area contributed by atoms with Crippen LogP contribution in [0.15, 0.2) is 85.1 Å². The monoisotopic (exact) mass is 498 g/mol. The van der Waals surface area contributed by atoms with Crippen molar-refractivity contribution in [2.75, 3.05) is 25.5 Å². The number of amides is 1. The van der Waals surface area contributed by atoms with Gasteiger partial charge in [0.15, 0.2) is 0 Å². The fraction of sp³-hybridized carbons (Fsp3) is 0.207. The largest absolute Gasteiger partial charge is 0.497 e. The number of rotatable bonds is 6. The number of halogens is 1. The lowest BCUT2D eigenvalue weighted by Crippen LogP contribution is -2.40. The van der Waals surface area contributed by atoms with Crippen LogP contribution in [0.1, 0.15) is 34.3 Å². The smallest absolute Gasteiger partial charge is 0.258 e. The Kier molecular flexibility index (Phi) is 6.98. The Morgan fingerprint density at radius 1 is 0.917 bits per heavy atom. The van der Waals surface area contributed by atoms with Crippen LogP contribution in [0.5, 0.6) is 5.75 Å². The Balaban J connectivity index is 1.38. The molecule has 4 aromatic rings. The third kappa shape index (κ3) is 4.96. The van der Waals surface area contributed by atoms with Crippen molar-refractivity contribution >= 4 is 23.5 Å². The minimum Gasteiger partial charge on any atom is -0.497 e. The van der Waals surface area contributed by atoms with Gasteiger partial charge >= 0.3 is 0 Å². The number of nitrogens with one attached hydrogen (secondary N) is 2. The number of ether oxygens (including phenoxy) is 1. The molecule has 0 spiro atoms. The molecule has 1 aliphatic rings. The Labute approximate surface area is 215 Å². The van der Waals surface area contributed by atoms with Gasteiger partial charge in [-0.15, -0.1) is 0 Å². The number of nitrogens with zero attached hydrogens (tertiary/aromatic N) is 2. The van der Waals surface area contributed by atoms with Crippen molar-refractivity contribution < 1.29 is 9.53 Å². The van der Waals surface area contributed by atoms with Crippen LogP contribution >= 0.6 is 11.6 Å². The van der Waals surface area contributed by atoms with E-state index in [-0.39, 0.29) is 17.3 Å². The van der Waals surface area contributed by atoms with Gasteiger partial charge in [-0.25, -0.2) is 9.97 Å². The summed E-state index contributed by atoms with van der Waals surface area (Å²) in [5.41, 5.74) is 4.71. The minimum atomic E-state index is -0.277. The molecule has 36 heavy (non-hydrogen) atoms. The Morgan fingerprint density at radius 2 is 1.56 bits per heavy atom. The fourth-order valence-electron chi connectivity index (χ4n) is 4.82. The number of methoxy groups -OCH3 is 1. The van der Waals surface area contributed by atoms with E-state index in [0.29, 0.717) is 11.3 Å². The summed E-state index contributed by atoms with van der Waals surface area (Å²) >= 11 is 6.17. The number of hydrogen-bond donors (Lipinski definition) is 2. The predicted molar refractivity (Wildman–Crippen MR) is 143 cm³/mol. The van der Waals surface area contributed by atoms with Crippen LogP contribution in [0.3, 0.4) is 0 Å². The van der Waals surface area contributed by atoms with E-state index in [4.69, 9.17) is 16.3 Å². The maximum absolute atomic E-state index is 12.6. The molecular formula is C29H27ClN4O2. The van der Waals surface area contributed by atoms with Crippen molar-refractivity contribution in [1.29, 1.82) is 0 Å². The standard InChI is InChI=1S/C29H27ClN4O2/c1-36-25-12-4-21(5-13-25)27(35)34-28-32-17-14-26(33-28)20-2-6-22(7-3-20)29(15-18-31-19-16-29)23-8-10-24(30)11-9-23/h2-14,17,31H,15-16,18-19H2,1H3,(H,32,33,34,35). The first-order valence-electron chi connectivity index (χ1n) is 11.9. The van der Waals surface area contributed by atoms with Gasteiger partial charge in [0.1, 0.15) is 5.75 Å². The highest BCUT2D eigenvalue weighted by molar-refractivity contribution is 6.30. The molecule has 1 amide bonds. The average Bonchev–Trinajstić information content (AvgIpc) is 2.94. The summed E-state index contributed by atoms with van der Waals surface area (Å²) in [6, 6.07) is 25.5. The molecule has 3 aromatic carbocycles. The summed E-state index contributed by atoms with van der Waals surface area (Å²) in [7, 11) is 1.59. The van der Waals surface area contributed by atoms with Crippen LogP contribution in [0.25, 0.3) is 11.3 Å². The Bertz CT molecular complexity index is 1330. The molecule has 1 saturated heterocycles. The molecule has 6 nitrogen and oxygen atoms in total. The first-order valence-corrected chi connectivity index (χ1v) is 12.3. The lowest BCUT2D eigenvalue weighted by molar-refractivity contribution is 0.102. The van der Waals surface area contributed by atoms with Gasteiger partial charge in [0.2, 0.25) is 5.95 Å².